The summed E-state index contributed by atoms with van der Waals surface area (Å²) in [4.78, 5) is 25.6. The summed E-state index contributed by atoms with van der Waals surface area (Å²) in [5.74, 6) is 0.300. The molecule has 1 aliphatic rings. The maximum Gasteiger partial charge on any atom is 0.414 e. The summed E-state index contributed by atoms with van der Waals surface area (Å²) >= 11 is 0. The fraction of sp³-hybridized carbons (Fsp3) is 0.391. The molecule has 2 atom stereocenters. The van der Waals surface area contributed by atoms with E-state index in [-0.39, 0.29) is 12.8 Å². The number of halogens is 3. The van der Waals surface area contributed by atoms with Gasteiger partial charge in [0.25, 0.3) is 0 Å². The second kappa shape index (κ2) is 9.30. The monoisotopic (exact) mass is 459 g/mol. The van der Waals surface area contributed by atoms with Crippen LogP contribution in [0.5, 0.6) is 0 Å². The number of fused-ring (bicyclic) bond motifs is 1. The number of aryl methyl sites for hydroxylation is 1. The number of pyridine rings is 3. The van der Waals surface area contributed by atoms with E-state index in [1.165, 1.54) is 6.20 Å². The fourth-order valence-electron chi connectivity index (χ4n) is 3.91. The zero-order chi connectivity index (χ0) is 23.6. The smallest absolute Gasteiger partial charge is 0.373 e. The maximum absolute atomic E-state index is 12.9. The molecule has 1 saturated heterocycles. The largest absolute Gasteiger partial charge is 0.414 e. The SMILES string of the molecule is CNc1cc2ncc(-c3cc(NC(=O)CC4CCCC(C(F)(F)F)O4)cnc3C)cc2cn1. The Hall–Kier alpha value is -3.27. The Labute approximate surface area is 188 Å². The maximum atomic E-state index is 12.9. The highest BCUT2D eigenvalue weighted by atomic mass is 19.4. The van der Waals surface area contributed by atoms with Gasteiger partial charge < -0.3 is 15.4 Å². The lowest BCUT2D eigenvalue weighted by molar-refractivity contribution is -0.245. The third-order valence-electron chi connectivity index (χ3n) is 5.63. The fourth-order valence-corrected chi connectivity index (χ4v) is 3.91. The number of hydrogen-bond acceptors (Lipinski definition) is 6. The highest BCUT2D eigenvalue weighted by Crippen LogP contribution is 2.33. The van der Waals surface area contributed by atoms with Crippen molar-refractivity contribution in [1.82, 2.24) is 15.0 Å². The number of amides is 1. The van der Waals surface area contributed by atoms with Gasteiger partial charge in [0.05, 0.1) is 29.9 Å². The lowest BCUT2D eigenvalue weighted by atomic mass is 10.0. The zero-order valence-electron chi connectivity index (χ0n) is 18.2. The van der Waals surface area contributed by atoms with E-state index in [2.05, 4.69) is 25.6 Å². The lowest BCUT2D eigenvalue weighted by Gasteiger charge is -2.31. The van der Waals surface area contributed by atoms with Crippen molar-refractivity contribution in [3.63, 3.8) is 0 Å². The molecule has 1 fully saturated rings. The summed E-state index contributed by atoms with van der Waals surface area (Å²) in [7, 11) is 1.78. The number of nitrogens with one attached hydrogen (secondary N) is 2. The first-order chi connectivity index (χ1) is 15.7. The van der Waals surface area contributed by atoms with Gasteiger partial charge in [0.2, 0.25) is 5.91 Å². The summed E-state index contributed by atoms with van der Waals surface area (Å²) in [6, 6.07) is 5.56. The molecule has 7 nitrogen and oxygen atoms in total. The molecule has 1 amide bonds. The summed E-state index contributed by atoms with van der Waals surface area (Å²) < 4.78 is 43.9. The molecule has 0 aromatic carbocycles. The lowest BCUT2D eigenvalue weighted by Crippen LogP contribution is -2.39. The second-order valence-corrected chi connectivity index (χ2v) is 8.06. The van der Waals surface area contributed by atoms with Gasteiger partial charge in [-0.1, -0.05) is 0 Å². The van der Waals surface area contributed by atoms with E-state index in [9.17, 15) is 18.0 Å². The van der Waals surface area contributed by atoms with Gasteiger partial charge in [-0.05, 0) is 38.3 Å². The van der Waals surface area contributed by atoms with Gasteiger partial charge in [0.1, 0.15) is 5.82 Å². The van der Waals surface area contributed by atoms with Gasteiger partial charge in [0.15, 0.2) is 6.10 Å². The zero-order valence-corrected chi connectivity index (χ0v) is 18.2. The Bertz CT molecular complexity index is 1170. The average Bonchev–Trinajstić information content (AvgIpc) is 2.79. The molecule has 0 saturated carbocycles. The van der Waals surface area contributed by atoms with Crippen molar-refractivity contribution in [2.45, 2.75) is 51.0 Å². The molecule has 3 aromatic rings. The van der Waals surface area contributed by atoms with E-state index in [0.717, 1.165) is 27.7 Å². The van der Waals surface area contributed by atoms with Crippen molar-refractivity contribution < 1.29 is 22.7 Å². The van der Waals surface area contributed by atoms with Crippen molar-refractivity contribution in [3.05, 3.63) is 42.5 Å². The van der Waals surface area contributed by atoms with Crippen LogP contribution in [0.3, 0.4) is 0 Å². The Morgan fingerprint density at radius 1 is 1.12 bits per heavy atom. The van der Waals surface area contributed by atoms with Crippen LogP contribution < -0.4 is 10.6 Å². The van der Waals surface area contributed by atoms with Crippen LogP contribution in [0.4, 0.5) is 24.7 Å². The molecule has 0 aliphatic carbocycles. The molecule has 10 heteroatoms. The number of aromatic nitrogens is 3. The predicted molar refractivity (Wildman–Crippen MR) is 119 cm³/mol. The number of alkyl halides is 3. The molecular formula is C23H24F3N5O2. The highest BCUT2D eigenvalue weighted by Gasteiger charge is 2.43. The third kappa shape index (κ3) is 5.39. The van der Waals surface area contributed by atoms with E-state index in [1.807, 2.05) is 19.1 Å². The molecule has 2 unspecified atom stereocenters. The number of hydrogen-bond donors (Lipinski definition) is 2. The van der Waals surface area contributed by atoms with Crippen molar-refractivity contribution in [2.75, 3.05) is 17.7 Å². The van der Waals surface area contributed by atoms with Crippen LogP contribution in [-0.4, -0.2) is 46.3 Å². The number of nitrogens with zero attached hydrogens (tertiary/aromatic N) is 3. The topological polar surface area (TPSA) is 89.0 Å². The van der Waals surface area contributed by atoms with Crippen LogP contribution in [0.2, 0.25) is 0 Å². The van der Waals surface area contributed by atoms with Crippen molar-refractivity contribution in [2.24, 2.45) is 0 Å². The molecule has 4 heterocycles. The van der Waals surface area contributed by atoms with E-state index in [4.69, 9.17) is 4.74 Å². The molecule has 33 heavy (non-hydrogen) atoms. The first-order valence-corrected chi connectivity index (χ1v) is 10.7. The standard InChI is InChI=1S/C23H24F3N5O2/c1-13-18(14-6-15-11-30-21(27-2)9-19(15)29-10-14)7-16(12-28-13)31-22(32)8-17-4-3-5-20(33-17)23(24,25)26/h6-7,9-12,17,20H,3-5,8H2,1-2H3,(H,27,30)(H,31,32). The third-order valence-corrected chi connectivity index (χ3v) is 5.63. The van der Waals surface area contributed by atoms with E-state index in [1.54, 1.807) is 25.5 Å². The van der Waals surface area contributed by atoms with E-state index in [0.29, 0.717) is 24.3 Å². The Morgan fingerprint density at radius 3 is 2.70 bits per heavy atom. The Kier molecular flexibility index (Phi) is 6.46. The molecule has 174 valence electrons. The van der Waals surface area contributed by atoms with Gasteiger partial charge in [0, 0.05) is 47.7 Å². The number of ether oxygens (including phenoxy) is 1. The van der Waals surface area contributed by atoms with Gasteiger partial charge in [-0.3, -0.25) is 14.8 Å². The Balaban J connectivity index is 1.48. The van der Waals surface area contributed by atoms with Gasteiger partial charge in [-0.2, -0.15) is 13.2 Å². The quantitative estimate of drug-likeness (QED) is 0.566. The number of carbonyl (C=O) groups is 1. The second-order valence-electron chi connectivity index (χ2n) is 8.06. The molecule has 3 aromatic heterocycles. The van der Waals surface area contributed by atoms with Crippen LogP contribution >= 0.6 is 0 Å². The normalized spacial score (nSPS) is 18.8. The summed E-state index contributed by atoms with van der Waals surface area (Å²) in [6.07, 6.45) is -1.43. The number of anilines is 2. The predicted octanol–water partition coefficient (Wildman–Crippen LogP) is 4.87. The molecule has 4 rings (SSSR count). The van der Waals surface area contributed by atoms with Crippen LogP contribution in [0.15, 0.2) is 36.8 Å². The van der Waals surface area contributed by atoms with Crippen molar-refractivity contribution in [3.8, 4) is 11.1 Å². The van der Waals surface area contributed by atoms with E-state index >= 15 is 0 Å². The summed E-state index contributed by atoms with van der Waals surface area (Å²) in [5.41, 5.74) is 3.58. The van der Waals surface area contributed by atoms with Crippen molar-refractivity contribution >= 4 is 28.3 Å². The summed E-state index contributed by atoms with van der Waals surface area (Å²) in [5, 5.41) is 6.56. The first kappa shape index (κ1) is 22.9. The molecule has 0 spiro atoms. The van der Waals surface area contributed by atoms with Crippen LogP contribution in [0.25, 0.3) is 22.0 Å². The van der Waals surface area contributed by atoms with Gasteiger partial charge >= 0.3 is 6.18 Å². The van der Waals surface area contributed by atoms with Crippen LogP contribution in [0.1, 0.15) is 31.4 Å². The highest BCUT2D eigenvalue weighted by molar-refractivity contribution is 5.92. The molecular weight excluding hydrogens is 435 g/mol. The number of carbonyl (C=O) groups excluding carboxylic acids is 1. The van der Waals surface area contributed by atoms with Crippen LogP contribution in [-0.2, 0) is 9.53 Å². The van der Waals surface area contributed by atoms with Crippen LogP contribution in [0, 0.1) is 6.92 Å². The number of rotatable bonds is 5. The average molecular weight is 459 g/mol. The molecule has 2 N–H and O–H groups in total. The minimum absolute atomic E-state index is 0.0710. The van der Waals surface area contributed by atoms with Gasteiger partial charge in [-0.15, -0.1) is 0 Å². The summed E-state index contributed by atoms with van der Waals surface area (Å²) in [6.45, 7) is 1.85. The molecule has 0 bridgehead atoms. The Morgan fingerprint density at radius 2 is 1.94 bits per heavy atom. The minimum Gasteiger partial charge on any atom is -0.373 e. The molecule has 0 radical (unpaired) electrons. The minimum atomic E-state index is -4.41. The van der Waals surface area contributed by atoms with Gasteiger partial charge in [-0.25, -0.2) is 4.98 Å². The molecule has 1 aliphatic heterocycles. The van der Waals surface area contributed by atoms with E-state index < -0.39 is 24.3 Å². The first-order valence-electron chi connectivity index (χ1n) is 10.7. The van der Waals surface area contributed by atoms with Crippen molar-refractivity contribution in [1.29, 1.82) is 0 Å².